The van der Waals surface area contributed by atoms with Crippen LogP contribution >= 0.6 is 0 Å². The van der Waals surface area contributed by atoms with Crippen LogP contribution in [0.15, 0.2) is 78.9 Å². The lowest BCUT2D eigenvalue weighted by molar-refractivity contribution is -0.137. The summed E-state index contributed by atoms with van der Waals surface area (Å²) in [7, 11) is 0. The van der Waals surface area contributed by atoms with Gasteiger partial charge in [0.2, 0.25) is 35.4 Å². The molecule has 53 heavy (non-hydrogen) atoms. The highest BCUT2D eigenvalue weighted by Gasteiger charge is 2.35. The summed E-state index contributed by atoms with van der Waals surface area (Å²) in [6.07, 6.45) is -4.67. The molecule has 14 nitrogen and oxygen atoms in total. The minimum atomic E-state index is -4.71. The van der Waals surface area contributed by atoms with E-state index in [-0.39, 0.29) is 49.1 Å². The number of hydrogen-bond donors (Lipinski definition) is 8. The average molecular weight is 740 g/mol. The molecule has 1 aliphatic heterocycles. The second kappa shape index (κ2) is 18.0. The van der Waals surface area contributed by atoms with Gasteiger partial charge in [-0.2, -0.15) is 13.2 Å². The highest BCUT2D eigenvalue weighted by atomic mass is 19.4. The van der Waals surface area contributed by atoms with Crippen molar-refractivity contribution in [2.45, 2.75) is 68.5 Å². The largest absolute Gasteiger partial charge is 0.508 e. The summed E-state index contributed by atoms with van der Waals surface area (Å²) in [5.41, 5.74) is 11.4. The summed E-state index contributed by atoms with van der Waals surface area (Å²) in [5, 5.41) is 22.2. The number of benzene rings is 3. The van der Waals surface area contributed by atoms with Crippen molar-refractivity contribution in [1.29, 1.82) is 0 Å². The standard InChI is InChI=1S/C36H40F3N7O7/c37-36(38,39)23-13-11-22(12-14-23)30-35(53)46-29(21-6-2-1-3-7-21)34(52)44-27(31(41)49)19-28(48)42-17-5-4-8-26(33(51)45-30)43-32(50)25(40)18-20-9-15-24(47)16-10-20/h1-3,6-7,9-16,25-27,29-30,47H,4-5,8,17-19,40H2,(H2,41,49)(H,42,48)(H,43,50)(H,44,52)(H,45,51)(H,46,53)/t25-,26+,27-,29-,30-/m0/s1. The van der Waals surface area contributed by atoms with E-state index in [0.29, 0.717) is 5.56 Å². The lowest BCUT2D eigenvalue weighted by Gasteiger charge is -2.27. The molecule has 5 atom stereocenters. The predicted octanol–water partition coefficient (Wildman–Crippen LogP) is 1.14. The van der Waals surface area contributed by atoms with Crippen molar-refractivity contribution in [1.82, 2.24) is 26.6 Å². The Morgan fingerprint density at radius 2 is 1.40 bits per heavy atom. The normalized spacial score (nSPS) is 21.5. The van der Waals surface area contributed by atoms with E-state index in [1.165, 1.54) is 24.3 Å². The molecule has 0 radical (unpaired) electrons. The van der Waals surface area contributed by atoms with Crippen LogP contribution < -0.4 is 38.1 Å². The third-order valence-electron chi connectivity index (χ3n) is 8.45. The number of aromatic hydroxyl groups is 1. The van der Waals surface area contributed by atoms with Crippen LogP contribution in [0, 0.1) is 0 Å². The van der Waals surface area contributed by atoms with Gasteiger partial charge in [0.25, 0.3) is 0 Å². The molecule has 0 spiro atoms. The molecule has 10 N–H and O–H groups in total. The average Bonchev–Trinajstić information content (AvgIpc) is 3.12. The SMILES string of the molecule is NC(=O)[C@@H]1CC(=O)NCCCC[C@@H](NC(=O)[C@@H](N)Cc2ccc(O)cc2)C(=O)N[C@@H](c2ccc(C(F)(F)F)cc2)C(=O)N[C@@H](c2ccccc2)C(=O)N1. The van der Waals surface area contributed by atoms with E-state index in [9.17, 15) is 47.0 Å². The van der Waals surface area contributed by atoms with E-state index in [2.05, 4.69) is 26.6 Å². The summed E-state index contributed by atoms with van der Waals surface area (Å²) >= 11 is 0. The number of nitrogens with one attached hydrogen (secondary N) is 5. The monoisotopic (exact) mass is 739 g/mol. The van der Waals surface area contributed by atoms with E-state index in [0.717, 1.165) is 24.3 Å². The number of halogens is 3. The van der Waals surface area contributed by atoms with Crippen molar-refractivity contribution in [3.05, 3.63) is 101 Å². The fourth-order valence-electron chi connectivity index (χ4n) is 5.54. The Morgan fingerprint density at radius 1 is 0.811 bits per heavy atom. The van der Waals surface area contributed by atoms with Gasteiger partial charge < -0.3 is 43.2 Å². The maximum Gasteiger partial charge on any atom is 0.416 e. The number of amides is 6. The fourth-order valence-corrected chi connectivity index (χ4v) is 5.54. The van der Waals surface area contributed by atoms with Gasteiger partial charge in [-0.1, -0.05) is 54.6 Å². The zero-order valence-electron chi connectivity index (χ0n) is 28.3. The number of phenolic OH excluding ortho intramolecular Hbond substituents is 1. The molecule has 0 bridgehead atoms. The fraction of sp³-hybridized carbons (Fsp3) is 0.333. The number of nitrogens with two attached hydrogens (primary N) is 2. The maximum atomic E-state index is 14.0. The number of alkyl halides is 3. The lowest BCUT2D eigenvalue weighted by atomic mass is 10.00. The van der Waals surface area contributed by atoms with E-state index in [1.54, 1.807) is 30.3 Å². The maximum absolute atomic E-state index is 14.0. The third kappa shape index (κ3) is 11.5. The van der Waals surface area contributed by atoms with Crippen molar-refractivity contribution >= 4 is 35.4 Å². The van der Waals surface area contributed by atoms with Crippen molar-refractivity contribution in [3.8, 4) is 5.75 Å². The van der Waals surface area contributed by atoms with Crippen molar-refractivity contribution in [3.63, 3.8) is 0 Å². The Bertz CT molecular complexity index is 1770. The molecular formula is C36H40F3N7O7. The van der Waals surface area contributed by atoms with Crippen LogP contribution in [0.25, 0.3) is 0 Å². The van der Waals surface area contributed by atoms with Gasteiger partial charge in [0, 0.05) is 6.54 Å². The van der Waals surface area contributed by atoms with Gasteiger partial charge in [0.1, 0.15) is 29.9 Å². The van der Waals surface area contributed by atoms with E-state index in [4.69, 9.17) is 11.5 Å². The summed E-state index contributed by atoms with van der Waals surface area (Å²) in [6, 6.07) is 9.98. The molecule has 4 rings (SSSR count). The van der Waals surface area contributed by atoms with Crippen molar-refractivity contribution < 1.29 is 47.0 Å². The highest BCUT2D eigenvalue weighted by Crippen LogP contribution is 2.30. The first-order valence-electron chi connectivity index (χ1n) is 16.7. The minimum absolute atomic E-state index is 0.0105. The molecule has 0 saturated carbocycles. The minimum Gasteiger partial charge on any atom is -0.508 e. The van der Waals surface area contributed by atoms with Crippen LogP contribution in [-0.4, -0.2) is 65.2 Å². The Balaban J connectivity index is 1.70. The van der Waals surface area contributed by atoms with Crippen LogP contribution in [0.5, 0.6) is 5.75 Å². The Morgan fingerprint density at radius 3 is 2.00 bits per heavy atom. The summed E-state index contributed by atoms with van der Waals surface area (Å²) in [5.74, 6) is -5.24. The highest BCUT2D eigenvalue weighted by molar-refractivity contribution is 5.97. The number of carbonyl (C=O) groups excluding carboxylic acids is 6. The van der Waals surface area contributed by atoms with Crippen LogP contribution in [0.3, 0.4) is 0 Å². The molecule has 3 aromatic rings. The molecule has 3 aromatic carbocycles. The van der Waals surface area contributed by atoms with E-state index < -0.39 is 83.8 Å². The van der Waals surface area contributed by atoms with Crippen LogP contribution in [0.2, 0.25) is 0 Å². The van der Waals surface area contributed by atoms with Crippen LogP contribution in [0.1, 0.15) is 60.0 Å². The summed E-state index contributed by atoms with van der Waals surface area (Å²) in [4.78, 5) is 79.8. The second-order valence-electron chi connectivity index (χ2n) is 12.5. The molecule has 282 valence electrons. The Labute approximate surface area is 302 Å². The summed E-state index contributed by atoms with van der Waals surface area (Å²) < 4.78 is 40.3. The first-order chi connectivity index (χ1) is 25.1. The van der Waals surface area contributed by atoms with Gasteiger partial charge in [0.05, 0.1) is 18.0 Å². The predicted molar refractivity (Wildman–Crippen MR) is 184 cm³/mol. The number of primary amides is 1. The topological polar surface area (TPSA) is 235 Å². The molecule has 1 fully saturated rings. The second-order valence-corrected chi connectivity index (χ2v) is 12.5. The molecule has 0 aliphatic carbocycles. The van der Waals surface area contributed by atoms with Crippen molar-refractivity contribution in [2.75, 3.05) is 6.54 Å². The van der Waals surface area contributed by atoms with Gasteiger partial charge in [-0.05, 0) is 66.6 Å². The molecule has 1 heterocycles. The van der Waals surface area contributed by atoms with E-state index in [1.807, 2.05) is 0 Å². The zero-order valence-corrected chi connectivity index (χ0v) is 28.3. The molecule has 17 heteroatoms. The lowest BCUT2D eigenvalue weighted by Crippen LogP contribution is -2.54. The van der Waals surface area contributed by atoms with Gasteiger partial charge in [0.15, 0.2) is 0 Å². The smallest absolute Gasteiger partial charge is 0.416 e. The third-order valence-corrected chi connectivity index (χ3v) is 8.45. The zero-order chi connectivity index (χ0) is 38.7. The van der Waals surface area contributed by atoms with Gasteiger partial charge in [-0.15, -0.1) is 0 Å². The molecule has 1 aliphatic rings. The molecule has 0 unspecified atom stereocenters. The van der Waals surface area contributed by atoms with Gasteiger partial charge >= 0.3 is 6.18 Å². The molecule has 1 saturated heterocycles. The molecular weight excluding hydrogens is 699 g/mol. The summed E-state index contributed by atoms with van der Waals surface area (Å²) in [6.45, 7) is 0.0851. The van der Waals surface area contributed by atoms with Crippen molar-refractivity contribution in [2.24, 2.45) is 11.5 Å². The Hall–Kier alpha value is -5.97. The Kier molecular flexibility index (Phi) is 13.5. The first-order valence-corrected chi connectivity index (χ1v) is 16.7. The molecule has 0 aromatic heterocycles. The quantitative estimate of drug-likeness (QED) is 0.175. The van der Waals surface area contributed by atoms with Crippen LogP contribution in [-0.2, 0) is 41.4 Å². The number of carbonyl (C=O) groups is 6. The number of rotatable bonds is 7. The van der Waals surface area contributed by atoms with Gasteiger partial charge in [-0.25, -0.2) is 0 Å². The molecule has 6 amide bonds. The number of hydrogen-bond acceptors (Lipinski definition) is 8. The van der Waals surface area contributed by atoms with Gasteiger partial charge in [-0.3, -0.25) is 28.8 Å². The first kappa shape index (κ1) is 39.8. The van der Waals surface area contributed by atoms with E-state index >= 15 is 0 Å². The van der Waals surface area contributed by atoms with Crippen LogP contribution in [0.4, 0.5) is 13.2 Å². The number of phenols is 1.